The molecular formula is C14H26O2. The Morgan fingerprint density at radius 1 is 0.875 bits per heavy atom. The third kappa shape index (κ3) is 8.63. The summed E-state index contributed by atoms with van der Waals surface area (Å²) in [5, 5.41) is 0. The summed E-state index contributed by atoms with van der Waals surface area (Å²) in [5.74, 6) is 1.33. The van der Waals surface area contributed by atoms with Crippen LogP contribution in [0.3, 0.4) is 0 Å². The third-order valence-electron chi connectivity index (χ3n) is 2.66. The van der Waals surface area contributed by atoms with Crippen LogP contribution in [0.2, 0.25) is 0 Å². The Morgan fingerprint density at radius 3 is 1.94 bits per heavy atom. The van der Waals surface area contributed by atoms with Crippen molar-refractivity contribution >= 4 is 11.6 Å². The molecule has 0 aliphatic heterocycles. The van der Waals surface area contributed by atoms with Crippen molar-refractivity contribution in [3.8, 4) is 0 Å². The molecule has 0 aliphatic rings. The van der Waals surface area contributed by atoms with Crippen molar-refractivity contribution in [2.24, 2.45) is 11.8 Å². The van der Waals surface area contributed by atoms with Crippen molar-refractivity contribution < 1.29 is 9.59 Å². The lowest BCUT2D eigenvalue weighted by molar-refractivity contribution is -0.122. The zero-order valence-electron chi connectivity index (χ0n) is 11.2. The Morgan fingerprint density at radius 2 is 1.44 bits per heavy atom. The number of Topliss-reactive ketones (excluding diaryl/α,β-unsaturated/α-hetero) is 2. The molecule has 0 saturated heterocycles. The predicted molar refractivity (Wildman–Crippen MR) is 67.4 cm³/mol. The Balaban J connectivity index is 3.40. The quantitative estimate of drug-likeness (QED) is 0.561. The molecule has 16 heavy (non-hydrogen) atoms. The Kier molecular flexibility index (Phi) is 8.14. The normalized spacial score (nSPS) is 11.1. The Bertz CT molecular complexity index is 217. The molecular weight excluding hydrogens is 200 g/mol. The first-order valence-electron chi connectivity index (χ1n) is 6.48. The van der Waals surface area contributed by atoms with Gasteiger partial charge < -0.3 is 0 Å². The van der Waals surface area contributed by atoms with Gasteiger partial charge in [0.15, 0.2) is 0 Å². The van der Waals surface area contributed by atoms with Gasteiger partial charge in [-0.15, -0.1) is 0 Å². The SMILES string of the molecule is CC(C)CC(=O)CCCCCC(=O)C(C)C. The molecule has 0 radical (unpaired) electrons. The van der Waals surface area contributed by atoms with Crippen LogP contribution >= 0.6 is 0 Å². The van der Waals surface area contributed by atoms with Crippen LogP contribution in [0.5, 0.6) is 0 Å². The van der Waals surface area contributed by atoms with Crippen LogP contribution in [0.25, 0.3) is 0 Å². The van der Waals surface area contributed by atoms with E-state index < -0.39 is 0 Å². The van der Waals surface area contributed by atoms with E-state index in [0.717, 1.165) is 19.3 Å². The molecule has 0 N–H and O–H groups in total. The van der Waals surface area contributed by atoms with E-state index in [1.807, 2.05) is 13.8 Å². The van der Waals surface area contributed by atoms with Gasteiger partial charge in [0, 0.05) is 25.2 Å². The number of unbranched alkanes of at least 4 members (excludes halogenated alkanes) is 2. The maximum absolute atomic E-state index is 11.4. The maximum Gasteiger partial charge on any atom is 0.135 e. The summed E-state index contributed by atoms with van der Waals surface area (Å²) in [6.45, 7) is 8.02. The van der Waals surface area contributed by atoms with E-state index in [2.05, 4.69) is 13.8 Å². The van der Waals surface area contributed by atoms with Gasteiger partial charge >= 0.3 is 0 Å². The van der Waals surface area contributed by atoms with Crippen molar-refractivity contribution in [1.82, 2.24) is 0 Å². The number of hydrogen-bond acceptors (Lipinski definition) is 2. The fourth-order valence-electron chi connectivity index (χ4n) is 1.64. The monoisotopic (exact) mass is 226 g/mol. The molecule has 0 aromatic heterocycles. The summed E-state index contributed by atoms with van der Waals surface area (Å²) >= 11 is 0. The summed E-state index contributed by atoms with van der Waals surface area (Å²) in [5.41, 5.74) is 0. The van der Waals surface area contributed by atoms with E-state index in [9.17, 15) is 9.59 Å². The summed E-state index contributed by atoms with van der Waals surface area (Å²) in [4.78, 5) is 22.7. The van der Waals surface area contributed by atoms with E-state index in [1.165, 1.54) is 0 Å². The summed E-state index contributed by atoms with van der Waals surface area (Å²) < 4.78 is 0. The first-order valence-corrected chi connectivity index (χ1v) is 6.48. The van der Waals surface area contributed by atoms with Gasteiger partial charge in [-0.2, -0.15) is 0 Å². The van der Waals surface area contributed by atoms with E-state index >= 15 is 0 Å². The summed E-state index contributed by atoms with van der Waals surface area (Å²) in [6, 6.07) is 0. The molecule has 0 fully saturated rings. The van der Waals surface area contributed by atoms with Crippen molar-refractivity contribution in [3.05, 3.63) is 0 Å². The fourth-order valence-corrected chi connectivity index (χ4v) is 1.64. The van der Waals surface area contributed by atoms with E-state index in [0.29, 0.717) is 36.7 Å². The predicted octanol–water partition coefficient (Wildman–Crippen LogP) is 3.78. The molecule has 0 aromatic rings. The number of rotatable bonds is 9. The first kappa shape index (κ1) is 15.3. The van der Waals surface area contributed by atoms with Crippen LogP contribution in [0.1, 0.15) is 66.2 Å². The first-order chi connectivity index (χ1) is 7.43. The highest BCUT2D eigenvalue weighted by molar-refractivity contribution is 5.80. The van der Waals surface area contributed by atoms with Gasteiger partial charge in [-0.25, -0.2) is 0 Å². The molecule has 0 atom stereocenters. The second-order valence-electron chi connectivity index (χ2n) is 5.32. The molecule has 0 saturated carbocycles. The Labute approximate surface area is 99.8 Å². The van der Waals surface area contributed by atoms with E-state index in [-0.39, 0.29) is 5.92 Å². The summed E-state index contributed by atoms with van der Waals surface area (Å²) in [7, 11) is 0. The Hall–Kier alpha value is -0.660. The topological polar surface area (TPSA) is 34.1 Å². The van der Waals surface area contributed by atoms with Gasteiger partial charge in [0.25, 0.3) is 0 Å². The fraction of sp³-hybridized carbons (Fsp3) is 0.857. The minimum Gasteiger partial charge on any atom is -0.300 e. The second kappa shape index (κ2) is 8.49. The smallest absolute Gasteiger partial charge is 0.135 e. The molecule has 0 bridgehead atoms. The van der Waals surface area contributed by atoms with Crippen molar-refractivity contribution in [1.29, 1.82) is 0 Å². The van der Waals surface area contributed by atoms with Crippen LogP contribution in [0.4, 0.5) is 0 Å². The highest BCUT2D eigenvalue weighted by Gasteiger charge is 2.07. The average molecular weight is 226 g/mol. The molecule has 0 spiro atoms. The van der Waals surface area contributed by atoms with Crippen molar-refractivity contribution in [2.45, 2.75) is 66.2 Å². The van der Waals surface area contributed by atoms with Crippen LogP contribution in [0.15, 0.2) is 0 Å². The summed E-state index contributed by atoms with van der Waals surface area (Å²) in [6.07, 6.45) is 4.94. The highest BCUT2D eigenvalue weighted by atomic mass is 16.1. The lowest BCUT2D eigenvalue weighted by Gasteiger charge is -2.05. The van der Waals surface area contributed by atoms with Gasteiger partial charge in [0.05, 0.1) is 0 Å². The maximum atomic E-state index is 11.4. The lowest BCUT2D eigenvalue weighted by atomic mass is 10.00. The standard InChI is InChI=1S/C14H26O2/c1-11(2)10-13(15)8-6-5-7-9-14(16)12(3)4/h11-12H,5-10H2,1-4H3. The number of hydrogen-bond donors (Lipinski definition) is 0. The van der Waals surface area contributed by atoms with Gasteiger partial charge in [-0.05, 0) is 18.8 Å². The molecule has 0 rings (SSSR count). The van der Waals surface area contributed by atoms with E-state index in [4.69, 9.17) is 0 Å². The van der Waals surface area contributed by atoms with Crippen molar-refractivity contribution in [2.75, 3.05) is 0 Å². The minimum absolute atomic E-state index is 0.155. The number of carbonyl (C=O) groups excluding carboxylic acids is 2. The molecule has 0 unspecified atom stereocenters. The number of ketones is 2. The van der Waals surface area contributed by atoms with Crippen LogP contribution in [-0.4, -0.2) is 11.6 Å². The van der Waals surface area contributed by atoms with Crippen LogP contribution in [-0.2, 0) is 9.59 Å². The van der Waals surface area contributed by atoms with Gasteiger partial charge in [0.2, 0.25) is 0 Å². The van der Waals surface area contributed by atoms with E-state index in [1.54, 1.807) is 0 Å². The molecule has 0 amide bonds. The molecule has 0 heterocycles. The zero-order valence-corrected chi connectivity index (χ0v) is 11.2. The highest BCUT2D eigenvalue weighted by Crippen LogP contribution is 2.10. The minimum atomic E-state index is 0.155. The molecule has 2 nitrogen and oxygen atoms in total. The van der Waals surface area contributed by atoms with Gasteiger partial charge in [-0.1, -0.05) is 34.1 Å². The zero-order chi connectivity index (χ0) is 12.6. The van der Waals surface area contributed by atoms with Crippen LogP contribution < -0.4 is 0 Å². The molecule has 2 heteroatoms. The molecule has 0 aliphatic carbocycles. The molecule has 94 valence electrons. The molecule has 0 aromatic carbocycles. The van der Waals surface area contributed by atoms with Gasteiger partial charge in [0.1, 0.15) is 11.6 Å². The second-order valence-corrected chi connectivity index (χ2v) is 5.32. The number of carbonyl (C=O) groups is 2. The van der Waals surface area contributed by atoms with Crippen molar-refractivity contribution in [3.63, 3.8) is 0 Å². The van der Waals surface area contributed by atoms with Gasteiger partial charge in [-0.3, -0.25) is 9.59 Å². The largest absolute Gasteiger partial charge is 0.300 e. The average Bonchev–Trinajstić information content (AvgIpc) is 2.15. The lowest BCUT2D eigenvalue weighted by Crippen LogP contribution is -2.06. The van der Waals surface area contributed by atoms with Crippen LogP contribution in [0, 0.1) is 11.8 Å². The third-order valence-corrected chi connectivity index (χ3v) is 2.66.